The molecule has 4 heteroatoms. The monoisotopic (exact) mass is 233 g/mol. The summed E-state index contributed by atoms with van der Waals surface area (Å²) in [5.74, 6) is 1.17. The smallest absolute Gasteiger partial charge is 0.150 e. The largest absolute Gasteiger partial charge is 0.353 e. The van der Waals surface area contributed by atoms with Gasteiger partial charge in [-0.3, -0.25) is 0 Å². The Balaban J connectivity index is 2.06. The van der Waals surface area contributed by atoms with Gasteiger partial charge < -0.3 is 10.2 Å². The Kier molecular flexibility index (Phi) is 2.53. The second-order valence-corrected chi connectivity index (χ2v) is 4.97. The molecule has 0 bridgehead atoms. The molecule has 0 saturated carbocycles. The lowest BCUT2D eigenvalue weighted by Crippen LogP contribution is -2.43. The van der Waals surface area contributed by atoms with Gasteiger partial charge in [0.2, 0.25) is 0 Å². The Morgan fingerprint density at radius 1 is 1.31 bits per heavy atom. The molecule has 3 rings (SSSR count). The maximum atomic E-state index is 4.62. The van der Waals surface area contributed by atoms with Crippen molar-refractivity contribution in [1.29, 1.82) is 0 Å². The van der Waals surface area contributed by atoms with Crippen molar-refractivity contribution >= 4 is 27.4 Å². The van der Waals surface area contributed by atoms with E-state index in [9.17, 15) is 0 Å². The number of anilines is 1. The minimum absolute atomic E-state index is 1.06. The standard InChI is InChI=1S/C12H15N3S/c1-9-3-2-4-10-11(9)16-14-12(10)15-7-5-13-6-8-15/h2-4,13H,5-8H2,1H3. The summed E-state index contributed by atoms with van der Waals surface area (Å²) in [6.45, 7) is 6.40. The highest BCUT2D eigenvalue weighted by Gasteiger charge is 2.16. The first-order valence-electron chi connectivity index (χ1n) is 5.67. The van der Waals surface area contributed by atoms with Gasteiger partial charge in [0, 0.05) is 31.6 Å². The molecule has 0 radical (unpaired) electrons. The van der Waals surface area contributed by atoms with Crippen molar-refractivity contribution in [2.24, 2.45) is 0 Å². The van der Waals surface area contributed by atoms with E-state index in [-0.39, 0.29) is 0 Å². The van der Waals surface area contributed by atoms with Crippen molar-refractivity contribution in [2.75, 3.05) is 31.1 Å². The average molecular weight is 233 g/mol. The predicted octanol–water partition coefficient (Wildman–Crippen LogP) is 2.01. The molecule has 1 aromatic carbocycles. The van der Waals surface area contributed by atoms with Crippen LogP contribution in [0.5, 0.6) is 0 Å². The van der Waals surface area contributed by atoms with E-state index >= 15 is 0 Å². The number of hydrogen-bond acceptors (Lipinski definition) is 4. The summed E-state index contributed by atoms with van der Waals surface area (Å²) in [4.78, 5) is 2.38. The van der Waals surface area contributed by atoms with Gasteiger partial charge in [-0.25, -0.2) is 0 Å². The fourth-order valence-electron chi connectivity index (χ4n) is 2.19. The molecular formula is C12H15N3S. The number of fused-ring (bicyclic) bond motifs is 1. The van der Waals surface area contributed by atoms with Gasteiger partial charge in [-0.1, -0.05) is 12.1 Å². The molecule has 84 valence electrons. The Hall–Kier alpha value is -1.13. The summed E-state index contributed by atoms with van der Waals surface area (Å²) in [6, 6.07) is 6.46. The second kappa shape index (κ2) is 4.03. The third-order valence-electron chi connectivity index (χ3n) is 3.09. The first-order chi connectivity index (χ1) is 7.86. The SMILES string of the molecule is Cc1cccc2c(N3CCNCC3)nsc12. The third-order valence-corrected chi connectivity index (χ3v) is 4.08. The van der Waals surface area contributed by atoms with Crippen LogP contribution in [-0.2, 0) is 0 Å². The van der Waals surface area contributed by atoms with E-state index in [1.807, 2.05) is 0 Å². The summed E-state index contributed by atoms with van der Waals surface area (Å²) in [5.41, 5.74) is 1.33. The summed E-state index contributed by atoms with van der Waals surface area (Å²) in [7, 11) is 0. The maximum Gasteiger partial charge on any atom is 0.150 e. The molecule has 1 saturated heterocycles. The molecular weight excluding hydrogens is 218 g/mol. The summed E-state index contributed by atoms with van der Waals surface area (Å²) >= 11 is 1.62. The lowest BCUT2D eigenvalue weighted by Gasteiger charge is -2.27. The van der Waals surface area contributed by atoms with Crippen LogP contribution in [0.4, 0.5) is 5.82 Å². The second-order valence-electron chi connectivity index (χ2n) is 4.19. The quantitative estimate of drug-likeness (QED) is 0.816. The molecule has 1 aliphatic heterocycles. The van der Waals surface area contributed by atoms with Gasteiger partial charge in [0.05, 0.1) is 4.70 Å². The highest BCUT2D eigenvalue weighted by Crippen LogP contribution is 2.31. The number of piperazine rings is 1. The average Bonchev–Trinajstić information content (AvgIpc) is 2.75. The Bertz CT molecular complexity index is 500. The van der Waals surface area contributed by atoms with E-state index in [1.165, 1.54) is 21.5 Å². The Morgan fingerprint density at radius 2 is 2.12 bits per heavy atom. The van der Waals surface area contributed by atoms with E-state index in [1.54, 1.807) is 11.5 Å². The van der Waals surface area contributed by atoms with E-state index in [4.69, 9.17) is 0 Å². The lowest BCUT2D eigenvalue weighted by atomic mass is 10.2. The molecule has 0 spiro atoms. The van der Waals surface area contributed by atoms with E-state index in [2.05, 4.69) is 39.7 Å². The molecule has 2 aromatic rings. The Morgan fingerprint density at radius 3 is 2.94 bits per heavy atom. The first kappa shape index (κ1) is 10.1. The van der Waals surface area contributed by atoms with Crippen LogP contribution in [-0.4, -0.2) is 30.6 Å². The number of nitrogens with zero attached hydrogens (tertiary/aromatic N) is 2. The molecule has 16 heavy (non-hydrogen) atoms. The van der Waals surface area contributed by atoms with Crippen molar-refractivity contribution < 1.29 is 0 Å². The molecule has 0 aliphatic carbocycles. The van der Waals surface area contributed by atoms with Crippen molar-refractivity contribution in [3.05, 3.63) is 23.8 Å². The minimum atomic E-state index is 1.06. The molecule has 3 nitrogen and oxygen atoms in total. The van der Waals surface area contributed by atoms with E-state index in [0.29, 0.717) is 0 Å². The van der Waals surface area contributed by atoms with Crippen LogP contribution in [0.25, 0.3) is 10.1 Å². The number of hydrogen-bond donors (Lipinski definition) is 1. The zero-order chi connectivity index (χ0) is 11.0. The van der Waals surface area contributed by atoms with Gasteiger partial charge in [-0.2, -0.15) is 4.37 Å². The van der Waals surface area contributed by atoms with Gasteiger partial charge in [0.1, 0.15) is 5.82 Å². The van der Waals surface area contributed by atoms with Crippen molar-refractivity contribution in [3.8, 4) is 0 Å². The zero-order valence-electron chi connectivity index (χ0n) is 9.36. The molecule has 0 unspecified atom stereocenters. The molecule has 0 atom stereocenters. The molecule has 1 aliphatic rings. The lowest BCUT2D eigenvalue weighted by molar-refractivity contribution is 0.587. The summed E-state index contributed by atoms with van der Waals surface area (Å²) in [6.07, 6.45) is 0. The van der Waals surface area contributed by atoms with Gasteiger partial charge in [-0.15, -0.1) is 0 Å². The predicted molar refractivity (Wildman–Crippen MR) is 69.4 cm³/mol. The molecule has 1 fully saturated rings. The van der Waals surface area contributed by atoms with Crippen LogP contribution in [0.3, 0.4) is 0 Å². The number of aryl methyl sites for hydroxylation is 1. The van der Waals surface area contributed by atoms with Crippen LogP contribution in [0.2, 0.25) is 0 Å². The fourth-order valence-corrected chi connectivity index (χ4v) is 3.05. The van der Waals surface area contributed by atoms with Crippen LogP contribution in [0, 0.1) is 6.92 Å². The van der Waals surface area contributed by atoms with Gasteiger partial charge in [0.15, 0.2) is 0 Å². The Labute approximate surface area is 99.2 Å². The van der Waals surface area contributed by atoms with E-state index in [0.717, 1.165) is 26.2 Å². The zero-order valence-corrected chi connectivity index (χ0v) is 10.2. The summed E-state index contributed by atoms with van der Waals surface area (Å²) in [5, 5.41) is 4.68. The number of aromatic nitrogens is 1. The van der Waals surface area contributed by atoms with Crippen molar-refractivity contribution in [1.82, 2.24) is 9.69 Å². The van der Waals surface area contributed by atoms with Crippen molar-refractivity contribution in [2.45, 2.75) is 6.92 Å². The topological polar surface area (TPSA) is 28.2 Å². The van der Waals surface area contributed by atoms with Gasteiger partial charge in [-0.05, 0) is 30.1 Å². The van der Waals surface area contributed by atoms with E-state index < -0.39 is 0 Å². The van der Waals surface area contributed by atoms with Crippen LogP contribution in [0.1, 0.15) is 5.56 Å². The van der Waals surface area contributed by atoms with Crippen molar-refractivity contribution in [3.63, 3.8) is 0 Å². The van der Waals surface area contributed by atoms with Gasteiger partial charge >= 0.3 is 0 Å². The van der Waals surface area contributed by atoms with Crippen LogP contribution in [0.15, 0.2) is 18.2 Å². The highest BCUT2D eigenvalue weighted by atomic mass is 32.1. The maximum absolute atomic E-state index is 4.62. The molecule has 1 aromatic heterocycles. The number of nitrogens with one attached hydrogen (secondary N) is 1. The summed E-state index contributed by atoms with van der Waals surface area (Å²) < 4.78 is 5.95. The molecule has 0 amide bonds. The third kappa shape index (κ3) is 1.58. The fraction of sp³-hybridized carbons (Fsp3) is 0.417. The van der Waals surface area contributed by atoms with Gasteiger partial charge in [0.25, 0.3) is 0 Å². The number of benzene rings is 1. The normalized spacial score (nSPS) is 16.9. The molecule has 2 heterocycles. The first-order valence-corrected chi connectivity index (χ1v) is 6.44. The number of rotatable bonds is 1. The molecule has 1 N–H and O–H groups in total. The highest BCUT2D eigenvalue weighted by molar-refractivity contribution is 7.14. The minimum Gasteiger partial charge on any atom is -0.353 e. The van der Waals surface area contributed by atoms with Crippen LogP contribution < -0.4 is 10.2 Å². The van der Waals surface area contributed by atoms with Crippen LogP contribution >= 0.6 is 11.5 Å².